The largest absolute Gasteiger partial charge is 0.491 e. The number of carbonyl (C=O) groups excluding carboxylic acids is 1. The van der Waals surface area contributed by atoms with Gasteiger partial charge in [-0.3, -0.25) is 9.10 Å². The van der Waals surface area contributed by atoms with Crippen LogP contribution in [0.4, 0.5) is 5.69 Å². The zero-order valence-electron chi connectivity index (χ0n) is 20.1. The molecule has 0 saturated carbocycles. The summed E-state index contributed by atoms with van der Waals surface area (Å²) in [4.78, 5) is 12.2. The molecule has 0 aromatic heterocycles. The molecule has 2 aromatic carbocycles. The van der Waals surface area contributed by atoms with Gasteiger partial charge in [-0.25, -0.2) is 8.42 Å². The third-order valence-electron chi connectivity index (χ3n) is 5.39. The number of rotatable bonds is 10. The fraction of sp³-hybridized carbons (Fsp3) is 0.480. The highest BCUT2D eigenvalue weighted by atomic mass is 32.2. The molecule has 2 aromatic rings. The summed E-state index contributed by atoms with van der Waals surface area (Å²) in [5.41, 5.74) is 3.72. The van der Waals surface area contributed by atoms with E-state index in [1.165, 1.54) is 10.6 Å². The maximum atomic E-state index is 12.3. The number of benzene rings is 2. The van der Waals surface area contributed by atoms with Gasteiger partial charge in [-0.05, 0) is 54.5 Å². The van der Waals surface area contributed by atoms with E-state index in [1.807, 2.05) is 44.2 Å². The minimum absolute atomic E-state index is 0.0268. The van der Waals surface area contributed by atoms with Crippen molar-refractivity contribution in [3.05, 3.63) is 59.2 Å². The molecule has 0 fully saturated rings. The van der Waals surface area contributed by atoms with E-state index in [9.17, 15) is 13.2 Å². The van der Waals surface area contributed by atoms with Gasteiger partial charge in [0.2, 0.25) is 15.9 Å². The van der Waals surface area contributed by atoms with E-state index in [2.05, 4.69) is 32.2 Å². The SMILES string of the molecule is Cc1cccc(N(CCCC(=O)NCCOc2ccccc2C(C)(C)C)S(C)(=O)=O)c1C. The van der Waals surface area contributed by atoms with Crippen molar-refractivity contribution in [2.45, 2.75) is 52.9 Å². The molecule has 6 nitrogen and oxygen atoms in total. The zero-order valence-corrected chi connectivity index (χ0v) is 20.9. The number of aryl methyl sites for hydroxylation is 1. The first-order valence-electron chi connectivity index (χ1n) is 10.9. The van der Waals surface area contributed by atoms with Crippen molar-refractivity contribution in [2.75, 3.05) is 30.3 Å². The monoisotopic (exact) mass is 460 g/mol. The first kappa shape index (κ1) is 25.7. The first-order chi connectivity index (χ1) is 14.9. The van der Waals surface area contributed by atoms with Gasteiger partial charge in [0.05, 0.1) is 18.5 Å². The van der Waals surface area contributed by atoms with Gasteiger partial charge in [0, 0.05) is 13.0 Å². The van der Waals surface area contributed by atoms with Gasteiger partial charge >= 0.3 is 0 Å². The van der Waals surface area contributed by atoms with Crippen LogP contribution < -0.4 is 14.4 Å². The van der Waals surface area contributed by atoms with Crippen molar-refractivity contribution in [1.29, 1.82) is 0 Å². The third kappa shape index (κ3) is 7.26. The molecule has 0 radical (unpaired) electrons. The minimum atomic E-state index is -3.44. The lowest BCUT2D eigenvalue weighted by Gasteiger charge is -2.25. The number of para-hydroxylation sites is 1. The van der Waals surface area contributed by atoms with Crippen LogP contribution in [0.25, 0.3) is 0 Å². The molecule has 0 aliphatic heterocycles. The second-order valence-corrected chi connectivity index (χ2v) is 11.0. The average molecular weight is 461 g/mol. The fourth-order valence-corrected chi connectivity index (χ4v) is 4.52. The molecule has 0 saturated heterocycles. The van der Waals surface area contributed by atoms with E-state index in [4.69, 9.17) is 4.74 Å². The summed E-state index contributed by atoms with van der Waals surface area (Å²) in [6.07, 6.45) is 1.87. The van der Waals surface area contributed by atoms with Crippen LogP contribution in [0.5, 0.6) is 5.75 Å². The number of sulfonamides is 1. The first-order valence-corrected chi connectivity index (χ1v) is 12.8. The molecule has 0 spiro atoms. The molecule has 0 bridgehead atoms. The highest BCUT2D eigenvalue weighted by molar-refractivity contribution is 7.92. The summed E-state index contributed by atoms with van der Waals surface area (Å²) in [5, 5.41) is 2.85. The highest BCUT2D eigenvalue weighted by Crippen LogP contribution is 2.30. The second-order valence-electron chi connectivity index (χ2n) is 9.10. The lowest BCUT2D eigenvalue weighted by atomic mass is 9.86. The lowest BCUT2D eigenvalue weighted by Crippen LogP contribution is -2.33. The van der Waals surface area contributed by atoms with Gasteiger partial charge in [-0.1, -0.05) is 51.1 Å². The molecule has 7 heteroatoms. The number of carbonyl (C=O) groups is 1. The van der Waals surface area contributed by atoms with Crippen LogP contribution in [0.1, 0.15) is 50.3 Å². The van der Waals surface area contributed by atoms with Crippen LogP contribution >= 0.6 is 0 Å². The van der Waals surface area contributed by atoms with Crippen LogP contribution in [0, 0.1) is 13.8 Å². The van der Waals surface area contributed by atoms with Crippen LogP contribution in [0.15, 0.2) is 42.5 Å². The van der Waals surface area contributed by atoms with E-state index in [-0.39, 0.29) is 24.3 Å². The molecule has 1 N–H and O–H groups in total. The van der Waals surface area contributed by atoms with Crippen LogP contribution in [-0.2, 0) is 20.2 Å². The smallest absolute Gasteiger partial charge is 0.232 e. The molecule has 0 atom stereocenters. The van der Waals surface area contributed by atoms with Crippen molar-refractivity contribution in [3.8, 4) is 5.75 Å². The van der Waals surface area contributed by atoms with Crippen LogP contribution in [0.2, 0.25) is 0 Å². The van der Waals surface area contributed by atoms with Crippen molar-refractivity contribution in [2.24, 2.45) is 0 Å². The number of ether oxygens (including phenoxy) is 1. The number of nitrogens with zero attached hydrogens (tertiary/aromatic N) is 1. The molecular formula is C25H36N2O4S. The summed E-state index contributed by atoms with van der Waals surface area (Å²) >= 11 is 0. The third-order valence-corrected chi connectivity index (χ3v) is 6.57. The quantitative estimate of drug-likeness (QED) is 0.535. The summed E-state index contributed by atoms with van der Waals surface area (Å²) in [6.45, 7) is 11.3. The lowest BCUT2D eigenvalue weighted by molar-refractivity contribution is -0.121. The van der Waals surface area contributed by atoms with Gasteiger partial charge < -0.3 is 10.1 Å². The molecule has 1 amide bonds. The Labute approximate surface area is 193 Å². The van der Waals surface area contributed by atoms with E-state index in [0.29, 0.717) is 25.3 Å². The maximum absolute atomic E-state index is 12.3. The molecule has 176 valence electrons. The Morgan fingerprint density at radius 2 is 1.75 bits per heavy atom. The highest BCUT2D eigenvalue weighted by Gasteiger charge is 2.20. The standard InChI is InChI=1S/C25H36N2O4S/c1-19-11-9-13-22(20(19)2)27(32(6,29)30)17-10-15-24(28)26-16-18-31-23-14-8-7-12-21(23)25(3,4)5/h7-9,11-14H,10,15-18H2,1-6H3,(H,26,28). The Morgan fingerprint density at radius 3 is 2.41 bits per heavy atom. The Bertz CT molecular complexity index is 1030. The molecule has 0 aliphatic rings. The van der Waals surface area contributed by atoms with Crippen molar-refractivity contribution in [3.63, 3.8) is 0 Å². The normalized spacial score (nSPS) is 11.8. The van der Waals surface area contributed by atoms with E-state index in [1.54, 1.807) is 6.07 Å². The van der Waals surface area contributed by atoms with Crippen molar-refractivity contribution >= 4 is 21.6 Å². The van der Waals surface area contributed by atoms with Crippen LogP contribution in [-0.4, -0.2) is 40.3 Å². The molecular weight excluding hydrogens is 424 g/mol. The number of nitrogens with one attached hydrogen (secondary N) is 1. The van der Waals surface area contributed by atoms with Crippen molar-refractivity contribution in [1.82, 2.24) is 5.32 Å². The number of hydrogen-bond donors (Lipinski definition) is 1. The molecule has 0 aliphatic carbocycles. The average Bonchev–Trinajstić information content (AvgIpc) is 2.70. The number of anilines is 1. The summed E-state index contributed by atoms with van der Waals surface area (Å²) in [6, 6.07) is 13.5. The summed E-state index contributed by atoms with van der Waals surface area (Å²) < 4.78 is 31.9. The maximum Gasteiger partial charge on any atom is 0.232 e. The predicted molar refractivity (Wildman–Crippen MR) is 131 cm³/mol. The Hall–Kier alpha value is -2.54. The van der Waals surface area contributed by atoms with Gasteiger partial charge in [0.15, 0.2) is 0 Å². The van der Waals surface area contributed by atoms with Crippen LogP contribution in [0.3, 0.4) is 0 Å². The summed E-state index contributed by atoms with van der Waals surface area (Å²) in [7, 11) is -3.44. The molecule has 32 heavy (non-hydrogen) atoms. The zero-order chi connectivity index (χ0) is 23.9. The van der Waals surface area contributed by atoms with E-state index in [0.717, 1.165) is 22.4 Å². The Morgan fingerprint density at radius 1 is 1.06 bits per heavy atom. The second kappa shape index (κ2) is 10.9. The Balaban J connectivity index is 1.84. The van der Waals surface area contributed by atoms with Crippen molar-refractivity contribution < 1.29 is 17.9 Å². The topological polar surface area (TPSA) is 75.7 Å². The number of amides is 1. The molecule has 0 heterocycles. The van der Waals surface area contributed by atoms with Gasteiger partial charge in [-0.15, -0.1) is 0 Å². The molecule has 2 rings (SSSR count). The van der Waals surface area contributed by atoms with Gasteiger partial charge in [-0.2, -0.15) is 0 Å². The minimum Gasteiger partial charge on any atom is -0.491 e. The Kier molecular flexibility index (Phi) is 8.73. The molecule has 0 unspecified atom stereocenters. The van der Waals surface area contributed by atoms with E-state index >= 15 is 0 Å². The summed E-state index contributed by atoms with van der Waals surface area (Å²) in [5.74, 6) is 0.707. The van der Waals surface area contributed by atoms with Gasteiger partial charge in [0.25, 0.3) is 0 Å². The predicted octanol–water partition coefficient (Wildman–Crippen LogP) is 4.34. The van der Waals surface area contributed by atoms with E-state index < -0.39 is 10.0 Å². The number of hydrogen-bond acceptors (Lipinski definition) is 4. The van der Waals surface area contributed by atoms with Gasteiger partial charge in [0.1, 0.15) is 12.4 Å². The fourth-order valence-electron chi connectivity index (χ4n) is 3.51.